The van der Waals surface area contributed by atoms with E-state index in [-0.39, 0.29) is 11.1 Å². The maximum atomic E-state index is 13.9. The topological polar surface area (TPSA) is 90.0 Å². The number of carbonyl (C=O) groups is 4. The summed E-state index contributed by atoms with van der Waals surface area (Å²) in [5.74, 6) is -4.12. The molecule has 1 aliphatic carbocycles. The van der Waals surface area contributed by atoms with Crippen molar-refractivity contribution in [1.82, 2.24) is 0 Å². The molecule has 3 atom stereocenters. The van der Waals surface area contributed by atoms with Crippen LogP contribution in [0.4, 0.5) is 5.69 Å². The third kappa shape index (κ3) is 2.87. The van der Waals surface area contributed by atoms with Crippen LogP contribution in [-0.4, -0.2) is 36.1 Å². The lowest BCUT2D eigenvalue weighted by molar-refractivity contribution is -0.127. The summed E-state index contributed by atoms with van der Waals surface area (Å²) in [4.78, 5) is 56.3. The van der Waals surface area contributed by atoms with Gasteiger partial charge in [0.1, 0.15) is 5.75 Å². The first-order valence-corrected chi connectivity index (χ1v) is 11.8. The van der Waals surface area contributed by atoms with Crippen LogP contribution < -0.4 is 9.64 Å². The highest BCUT2D eigenvalue weighted by Gasteiger charge is 2.74. The zero-order chi connectivity index (χ0) is 24.5. The molecule has 1 spiro atoms. The first kappa shape index (κ1) is 21.9. The van der Waals surface area contributed by atoms with Gasteiger partial charge in [-0.2, -0.15) is 0 Å². The number of hydrogen-bond acceptors (Lipinski definition) is 6. The Morgan fingerprint density at radius 2 is 1.51 bits per heavy atom. The highest BCUT2D eigenvalue weighted by molar-refractivity contribution is 9.10. The number of hydrogen-bond donors (Lipinski definition) is 0. The van der Waals surface area contributed by atoms with Crippen LogP contribution >= 0.6 is 15.9 Å². The van der Waals surface area contributed by atoms with Crippen molar-refractivity contribution in [2.75, 3.05) is 12.0 Å². The van der Waals surface area contributed by atoms with Gasteiger partial charge in [-0.05, 0) is 42.0 Å². The number of rotatable bonds is 3. The number of benzene rings is 3. The van der Waals surface area contributed by atoms with Crippen LogP contribution in [0.3, 0.4) is 0 Å². The molecule has 6 rings (SSSR count). The molecule has 2 fully saturated rings. The zero-order valence-corrected chi connectivity index (χ0v) is 20.0. The van der Waals surface area contributed by atoms with E-state index in [0.717, 1.165) is 9.37 Å². The van der Waals surface area contributed by atoms with Gasteiger partial charge in [-0.15, -0.1) is 0 Å². The Kier molecular flexibility index (Phi) is 4.81. The van der Waals surface area contributed by atoms with Gasteiger partial charge < -0.3 is 9.47 Å². The summed E-state index contributed by atoms with van der Waals surface area (Å²) in [5, 5.41) is 0. The molecule has 2 amide bonds. The lowest BCUT2D eigenvalue weighted by Crippen LogP contribution is -2.51. The fourth-order valence-electron chi connectivity index (χ4n) is 5.48. The first-order valence-electron chi connectivity index (χ1n) is 11.0. The van der Waals surface area contributed by atoms with E-state index in [1.165, 1.54) is 7.11 Å². The summed E-state index contributed by atoms with van der Waals surface area (Å²) in [6.45, 7) is 0. The number of amides is 2. The van der Waals surface area contributed by atoms with Crippen molar-refractivity contribution in [3.63, 3.8) is 0 Å². The average Bonchev–Trinajstić information content (AvgIpc) is 3.45. The molecule has 0 unspecified atom stereocenters. The molecule has 3 aromatic carbocycles. The molecule has 35 heavy (non-hydrogen) atoms. The summed E-state index contributed by atoms with van der Waals surface area (Å²) in [6.07, 6.45) is -0.991. The molecule has 0 bridgehead atoms. The minimum Gasteiger partial charge on any atom is -0.497 e. The monoisotopic (exact) mass is 531 g/mol. The highest BCUT2D eigenvalue weighted by Crippen LogP contribution is 2.57. The van der Waals surface area contributed by atoms with Crippen LogP contribution in [0.25, 0.3) is 0 Å². The van der Waals surface area contributed by atoms with Crippen LogP contribution in [-0.2, 0) is 14.3 Å². The van der Waals surface area contributed by atoms with Crippen molar-refractivity contribution in [1.29, 1.82) is 0 Å². The second kappa shape index (κ2) is 7.69. The second-order valence-corrected chi connectivity index (χ2v) is 9.66. The van der Waals surface area contributed by atoms with Crippen molar-refractivity contribution in [3.05, 3.63) is 94.0 Å². The van der Waals surface area contributed by atoms with Crippen LogP contribution in [0.15, 0.2) is 77.3 Å². The Morgan fingerprint density at radius 3 is 2.14 bits per heavy atom. The Labute approximate surface area is 208 Å². The van der Waals surface area contributed by atoms with E-state index < -0.39 is 46.9 Å². The molecule has 2 saturated heterocycles. The maximum Gasteiger partial charge on any atom is 0.241 e. The Hall–Kier alpha value is -3.62. The van der Waals surface area contributed by atoms with Crippen molar-refractivity contribution < 1.29 is 28.7 Å². The molecule has 0 N–H and O–H groups in total. The molecule has 8 heteroatoms. The van der Waals surface area contributed by atoms with Crippen LogP contribution in [0, 0.1) is 11.8 Å². The molecule has 2 heterocycles. The summed E-state index contributed by atoms with van der Waals surface area (Å²) in [6, 6.07) is 20.0. The standard InChI is InChI=1S/C27H18BrNO6/c1-34-17-6-4-5-14(13-17)22-20-21(26(33)29(25(20)32)16-11-9-15(28)10-12-16)27(35-22)23(30)18-7-2-3-8-19(18)24(27)31/h2-13,20-22H,1H3/t20-,21-,22-/m0/s1. The van der Waals surface area contributed by atoms with Crippen LogP contribution in [0.1, 0.15) is 32.4 Å². The largest absolute Gasteiger partial charge is 0.497 e. The number of imide groups is 1. The van der Waals surface area contributed by atoms with Gasteiger partial charge in [0.05, 0.1) is 30.7 Å². The van der Waals surface area contributed by atoms with Crippen LogP contribution in [0.2, 0.25) is 0 Å². The zero-order valence-electron chi connectivity index (χ0n) is 18.4. The highest BCUT2D eigenvalue weighted by atomic mass is 79.9. The average molecular weight is 532 g/mol. The van der Waals surface area contributed by atoms with E-state index in [2.05, 4.69) is 15.9 Å². The molecule has 3 aromatic rings. The van der Waals surface area contributed by atoms with E-state index in [9.17, 15) is 19.2 Å². The molecule has 0 radical (unpaired) electrons. The summed E-state index contributed by atoms with van der Waals surface area (Å²) >= 11 is 3.36. The smallest absolute Gasteiger partial charge is 0.241 e. The number of ether oxygens (including phenoxy) is 2. The van der Waals surface area contributed by atoms with Gasteiger partial charge in [-0.25, -0.2) is 4.90 Å². The molecular formula is C27H18BrNO6. The predicted molar refractivity (Wildman–Crippen MR) is 128 cm³/mol. The molecule has 7 nitrogen and oxygen atoms in total. The van der Waals surface area contributed by atoms with Gasteiger partial charge >= 0.3 is 0 Å². The fraction of sp³-hybridized carbons (Fsp3) is 0.185. The SMILES string of the molecule is COc1cccc([C@@H]2OC3(C(=O)c4ccccc4C3=O)[C@@H]3C(=O)N(c4ccc(Br)cc4)C(=O)[C@@H]32)c1. The van der Waals surface area contributed by atoms with E-state index in [0.29, 0.717) is 17.0 Å². The maximum absolute atomic E-state index is 13.9. The summed E-state index contributed by atoms with van der Waals surface area (Å²) < 4.78 is 12.4. The normalized spacial score (nSPS) is 24.3. The third-order valence-electron chi connectivity index (χ3n) is 7.03. The molecule has 0 saturated carbocycles. The summed E-state index contributed by atoms with van der Waals surface area (Å²) in [7, 11) is 1.51. The van der Waals surface area contributed by atoms with Crippen molar-refractivity contribution in [2.45, 2.75) is 11.7 Å². The summed E-state index contributed by atoms with van der Waals surface area (Å²) in [5.41, 5.74) is -0.784. The molecule has 0 aromatic heterocycles. The minimum atomic E-state index is -2.10. The van der Waals surface area contributed by atoms with E-state index >= 15 is 0 Å². The number of nitrogens with zero attached hydrogens (tertiary/aromatic N) is 1. The Bertz CT molecular complexity index is 1400. The Morgan fingerprint density at radius 1 is 0.857 bits per heavy atom. The third-order valence-corrected chi connectivity index (χ3v) is 7.55. The van der Waals surface area contributed by atoms with Gasteiger partial charge in [0, 0.05) is 15.6 Å². The van der Waals surface area contributed by atoms with Gasteiger partial charge in [0.15, 0.2) is 0 Å². The second-order valence-electron chi connectivity index (χ2n) is 8.75. The quantitative estimate of drug-likeness (QED) is 0.372. The van der Waals surface area contributed by atoms with Gasteiger partial charge in [-0.1, -0.05) is 52.3 Å². The number of methoxy groups -OCH3 is 1. The molecule has 2 aliphatic heterocycles. The van der Waals surface area contributed by atoms with E-state index in [1.807, 2.05) is 0 Å². The number of Topliss-reactive ketones (excluding diaryl/α,β-unsaturated/α-hetero) is 2. The van der Waals surface area contributed by atoms with Gasteiger partial charge in [0.2, 0.25) is 29.0 Å². The number of ketones is 2. The number of anilines is 1. The number of fused-ring (bicyclic) bond motifs is 3. The van der Waals surface area contributed by atoms with E-state index in [4.69, 9.17) is 9.47 Å². The molecular weight excluding hydrogens is 514 g/mol. The van der Waals surface area contributed by atoms with Crippen molar-refractivity contribution in [2.24, 2.45) is 11.8 Å². The molecule has 3 aliphatic rings. The number of carbonyl (C=O) groups excluding carboxylic acids is 4. The Balaban J connectivity index is 1.54. The van der Waals surface area contributed by atoms with Crippen molar-refractivity contribution in [3.8, 4) is 5.75 Å². The lowest BCUT2D eigenvalue weighted by Gasteiger charge is -2.27. The molecule has 174 valence electrons. The number of halogens is 1. The predicted octanol–water partition coefficient (Wildman–Crippen LogP) is 4.15. The first-order chi connectivity index (χ1) is 16.9. The fourth-order valence-corrected chi connectivity index (χ4v) is 5.75. The van der Waals surface area contributed by atoms with Gasteiger partial charge in [0.25, 0.3) is 0 Å². The van der Waals surface area contributed by atoms with Crippen LogP contribution in [0.5, 0.6) is 5.75 Å². The van der Waals surface area contributed by atoms with Crippen molar-refractivity contribution >= 4 is 45.0 Å². The van der Waals surface area contributed by atoms with Gasteiger partial charge in [-0.3, -0.25) is 19.2 Å². The minimum absolute atomic E-state index is 0.199. The van der Waals surface area contributed by atoms with E-state index in [1.54, 1.807) is 72.8 Å². The lowest BCUT2D eigenvalue weighted by atomic mass is 9.77.